The van der Waals surface area contributed by atoms with Crippen molar-refractivity contribution in [2.24, 2.45) is 0 Å². The van der Waals surface area contributed by atoms with E-state index in [1.807, 2.05) is 55.4 Å². The van der Waals surface area contributed by atoms with Crippen molar-refractivity contribution in [3.8, 4) is 11.8 Å². The Morgan fingerprint density at radius 3 is 2.84 bits per heavy atom. The monoisotopic (exact) mass is 253 g/mol. The lowest BCUT2D eigenvalue weighted by Gasteiger charge is -2.14. The molecule has 0 unspecified atom stereocenters. The Balaban J connectivity index is 2.06. The van der Waals surface area contributed by atoms with Gasteiger partial charge in [-0.15, -0.1) is 0 Å². The molecule has 0 saturated carbocycles. The van der Waals surface area contributed by atoms with E-state index in [2.05, 4.69) is 4.98 Å². The first-order valence-electron chi connectivity index (χ1n) is 5.94. The first-order valence-corrected chi connectivity index (χ1v) is 5.94. The van der Waals surface area contributed by atoms with Crippen LogP contribution in [0.4, 0.5) is 5.69 Å². The van der Waals surface area contributed by atoms with E-state index in [1.54, 1.807) is 12.3 Å². The summed E-state index contributed by atoms with van der Waals surface area (Å²) in [5, 5.41) is 8.79. The number of aromatic nitrogens is 1. The smallest absolute Gasteiger partial charge is 0.140 e. The number of hydrogen-bond acceptors (Lipinski definition) is 4. The van der Waals surface area contributed by atoms with Crippen LogP contribution in [0, 0.1) is 11.3 Å². The molecule has 4 heteroatoms. The third-order valence-corrected chi connectivity index (χ3v) is 2.68. The summed E-state index contributed by atoms with van der Waals surface area (Å²) in [7, 11) is 3.97. The molecule has 19 heavy (non-hydrogen) atoms. The maximum atomic E-state index is 8.79. The summed E-state index contributed by atoms with van der Waals surface area (Å²) in [5.74, 6) is 0.807. The Labute approximate surface area is 112 Å². The van der Waals surface area contributed by atoms with Gasteiger partial charge in [0.15, 0.2) is 0 Å². The zero-order chi connectivity index (χ0) is 13.7. The van der Waals surface area contributed by atoms with E-state index in [-0.39, 0.29) is 0 Å². The Kier molecular flexibility index (Phi) is 3.99. The van der Waals surface area contributed by atoms with Crippen molar-refractivity contribution in [2.75, 3.05) is 19.0 Å². The maximum absolute atomic E-state index is 8.79. The third-order valence-electron chi connectivity index (χ3n) is 2.68. The maximum Gasteiger partial charge on any atom is 0.140 e. The number of rotatable bonds is 4. The van der Waals surface area contributed by atoms with Crippen LogP contribution in [0.3, 0.4) is 0 Å². The average molecular weight is 253 g/mol. The van der Waals surface area contributed by atoms with E-state index >= 15 is 0 Å². The number of hydrogen-bond donors (Lipinski definition) is 0. The summed E-state index contributed by atoms with van der Waals surface area (Å²) in [6.45, 7) is 0.425. The molecule has 0 bridgehead atoms. The van der Waals surface area contributed by atoms with Crippen molar-refractivity contribution in [1.82, 2.24) is 4.98 Å². The number of nitrogens with zero attached hydrogens (tertiary/aromatic N) is 3. The van der Waals surface area contributed by atoms with Crippen molar-refractivity contribution in [2.45, 2.75) is 6.61 Å². The van der Waals surface area contributed by atoms with E-state index in [9.17, 15) is 0 Å². The van der Waals surface area contributed by atoms with Crippen LogP contribution < -0.4 is 9.64 Å². The van der Waals surface area contributed by atoms with Gasteiger partial charge in [0, 0.05) is 32.0 Å². The highest BCUT2D eigenvalue weighted by Gasteiger charge is 2.01. The summed E-state index contributed by atoms with van der Waals surface area (Å²) in [6.07, 6.45) is 1.62. The average Bonchev–Trinajstić information content (AvgIpc) is 2.45. The van der Waals surface area contributed by atoms with Crippen molar-refractivity contribution < 1.29 is 4.74 Å². The summed E-state index contributed by atoms with van der Waals surface area (Å²) >= 11 is 0. The van der Waals surface area contributed by atoms with Crippen LogP contribution in [-0.4, -0.2) is 19.1 Å². The molecule has 1 heterocycles. The normalized spacial score (nSPS) is 9.74. The van der Waals surface area contributed by atoms with Crippen LogP contribution >= 0.6 is 0 Å². The van der Waals surface area contributed by atoms with E-state index in [0.29, 0.717) is 12.3 Å². The fraction of sp³-hybridized carbons (Fsp3) is 0.200. The van der Waals surface area contributed by atoms with Crippen LogP contribution in [0.25, 0.3) is 0 Å². The number of nitriles is 1. The highest BCUT2D eigenvalue weighted by molar-refractivity contribution is 5.49. The van der Waals surface area contributed by atoms with Gasteiger partial charge in [0.1, 0.15) is 24.1 Å². The van der Waals surface area contributed by atoms with Crippen LogP contribution in [0.15, 0.2) is 42.6 Å². The van der Waals surface area contributed by atoms with Crippen molar-refractivity contribution >= 4 is 5.69 Å². The van der Waals surface area contributed by atoms with Crippen LogP contribution in [0.1, 0.15) is 11.3 Å². The Morgan fingerprint density at radius 2 is 2.11 bits per heavy atom. The van der Waals surface area contributed by atoms with Gasteiger partial charge in [-0.05, 0) is 29.8 Å². The minimum atomic E-state index is 0.406. The molecular weight excluding hydrogens is 238 g/mol. The molecule has 2 rings (SSSR count). The van der Waals surface area contributed by atoms with E-state index in [4.69, 9.17) is 10.00 Å². The van der Waals surface area contributed by atoms with Gasteiger partial charge in [0.2, 0.25) is 0 Å². The first-order chi connectivity index (χ1) is 9.19. The molecule has 1 aromatic heterocycles. The van der Waals surface area contributed by atoms with Crippen molar-refractivity contribution in [1.29, 1.82) is 5.26 Å². The Hall–Kier alpha value is -2.54. The molecule has 1 aromatic carbocycles. The molecule has 2 aromatic rings. The fourth-order valence-electron chi connectivity index (χ4n) is 1.64. The van der Waals surface area contributed by atoms with Gasteiger partial charge in [0.25, 0.3) is 0 Å². The molecule has 0 aliphatic heterocycles. The lowest BCUT2D eigenvalue weighted by atomic mass is 10.2. The number of pyridine rings is 1. The molecule has 0 aliphatic rings. The van der Waals surface area contributed by atoms with Gasteiger partial charge in [-0.25, -0.2) is 4.98 Å². The molecule has 0 radical (unpaired) electrons. The predicted octanol–water partition coefficient (Wildman–Crippen LogP) is 2.60. The van der Waals surface area contributed by atoms with Crippen LogP contribution in [-0.2, 0) is 6.61 Å². The highest BCUT2D eigenvalue weighted by atomic mass is 16.5. The molecule has 0 saturated heterocycles. The van der Waals surface area contributed by atoms with Crippen LogP contribution in [0.2, 0.25) is 0 Å². The van der Waals surface area contributed by atoms with Gasteiger partial charge >= 0.3 is 0 Å². The molecule has 0 amide bonds. The second-order valence-corrected chi connectivity index (χ2v) is 4.34. The molecule has 4 nitrogen and oxygen atoms in total. The van der Waals surface area contributed by atoms with E-state index in [1.165, 1.54) is 0 Å². The standard InChI is InChI=1S/C15H15N3O/c1-18(2)14-4-3-5-15(9-14)19-11-12-6-7-17-13(8-12)10-16/h3-9H,11H2,1-2H3. The van der Waals surface area contributed by atoms with Crippen molar-refractivity contribution in [3.63, 3.8) is 0 Å². The summed E-state index contributed by atoms with van der Waals surface area (Å²) < 4.78 is 5.72. The van der Waals surface area contributed by atoms with E-state index in [0.717, 1.165) is 17.0 Å². The highest BCUT2D eigenvalue weighted by Crippen LogP contribution is 2.20. The van der Waals surface area contributed by atoms with Gasteiger partial charge in [-0.1, -0.05) is 6.07 Å². The molecular formula is C15H15N3O. The van der Waals surface area contributed by atoms with Crippen LogP contribution in [0.5, 0.6) is 5.75 Å². The zero-order valence-corrected chi connectivity index (χ0v) is 11.0. The Bertz CT molecular complexity index is 602. The quantitative estimate of drug-likeness (QED) is 0.840. The predicted molar refractivity (Wildman–Crippen MR) is 74.1 cm³/mol. The minimum absolute atomic E-state index is 0.406. The van der Waals surface area contributed by atoms with Crippen molar-refractivity contribution in [3.05, 3.63) is 53.9 Å². The summed E-state index contributed by atoms with van der Waals surface area (Å²) in [4.78, 5) is 5.95. The van der Waals surface area contributed by atoms with Gasteiger partial charge in [-0.3, -0.25) is 0 Å². The number of ether oxygens (including phenoxy) is 1. The molecule has 96 valence electrons. The SMILES string of the molecule is CN(C)c1cccc(OCc2ccnc(C#N)c2)c1. The molecule has 0 atom stereocenters. The molecule has 0 aliphatic carbocycles. The topological polar surface area (TPSA) is 49.1 Å². The number of benzene rings is 1. The third kappa shape index (κ3) is 3.46. The molecule has 0 spiro atoms. The van der Waals surface area contributed by atoms with Gasteiger partial charge < -0.3 is 9.64 Å². The van der Waals surface area contributed by atoms with E-state index < -0.39 is 0 Å². The Morgan fingerprint density at radius 1 is 1.26 bits per heavy atom. The molecule has 0 N–H and O–H groups in total. The largest absolute Gasteiger partial charge is 0.489 e. The summed E-state index contributed by atoms with van der Waals surface area (Å²) in [6, 6.07) is 13.5. The first kappa shape index (κ1) is 12.9. The van der Waals surface area contributed by atoms with Gasteiger partial charge in [0.05, 0.1) is 0 Å². The lowest BCUT2D eigenvalue weighted by Crippen LogP contribution is -2.08. The summed E-state index contributed by atoms with van der Waals surface area (Å²) in [5.41, 5.74) is 2.43. The zero-order valence-electron chi connectivity index (χ0n) is 11.0. The molecule has 0 fully saturated rings. The second kappa shape index (κ2) is 5.87. The second-order valence-electron chi connectivity index (χ2n) is 4.34. The minimum Gasteiger partial charge on any atom is -0.489 e. The lowest BCUT2D eigenvalue weighted by molar-refractivity contribution is 0.306. The number of anilines is 1. The van der Waals surface area contributed by atoms with Gasteiger partial charge in [-0.2, -0.15) is 5.26 Å². The fourth-order valence-corrected chi connectivity index (χ4v) is 1.64.